The molecule has 2 rings (SSSR count). The molecule has 1 aliphatic heterocycles. The number of ether oxygens (including phenoxy) is 1. The molecule has 94 valence electrons. The van der Waals surface area contributed by atoms with Crippen molar-refractivity contribution in [3.05, 3.63) is 35.4 Å². The van der Waals surface area contributed by atoms with Gasteiger partial charge in [0.15, 0.2) is 0 Å². The highest BCUT2D eigenvalue weighted by atomic mass is 19.1. The first-order valence-electron chi connectivity index (χ1n) is 5.93. The standard InChI is InChI=1S/C13H17F2NO/c1-16-8-9-3-2-4-17-13(9)10-5-11(14)7-12(15)6-10/h5-7,9,13,16H,2-4,8H2,1H3. The minimum atomic E-state index is -0.544. The maximum Gasteiger partial charge on any atom is 0.126 e. The minimum Gasteiger partial charge on any atom is -0.373 e. The summed E-state index contributed by atoms with van der Waals surface area (Å²) in [5.41, 5.74) is 0.599. The van der Waals surface area contributed by atoms with Crippen molar-refractivity contribution in [2.24, 2.45) is 5.92 Å². The fraction of sp³-hybridized carbons (Fsp3) is 0.538. The van der Waals surface area contributed by atoms with Gasteiger partial charge in [-0.1, -0.05) is 0 Å². The molecule has 0 saturated carbocycles. The summed E-state index contributed by atoms with van der Waals surface area (Å²) >= 11 is 0. The van der Waals surface area contributed by atoms with Crippen molar-refractivity contribution in [2.45, 2.75) is 18.9 Å². The van der Waals surface area contributed by atoms with Gasteiger partial charge >= 0.3 is 0 Å². The van der Waals surface area contributed by atoms with Gasteiger partial charge in [-0.25, -0.2) is 8.78 Å². The van der Waals surface area contributed by atoms with Crippen LogP contribution in [0.2, 0.25) is 0 Å². The first kappa shape index (κ1) is 12.5. The Labute approximate surface area is 100.0 Å². The number of hydrogen-bond donors (Lipinski definition) is 1. The zero-order chi connectivity index (χ0) is 12.3. The van der Waals surface area contributed by atoms with Gasteiger partial charge in [-0.05, 0) is 37.6 Å². The molecule has 0 radical (unpaired) electrons. The smallest absolute Gasteiger partial charge is 0.126 e. The van der Waals surface area contributed by atoms with Crippen LogP contribution in [0.1, 0.15) is 24.5 Å². The topological polar surface area (TPSA) is 21.3 Å². The summed E-state index contributed by atoms with van der Waals surface area (Å²) in [4.78, 5) is 0. The molecule has 0 amide bonds. The Kier molecular flexibility index (Phi) is 4.07. The lowest BCUT2D eigenvalue weighted by atomic mass is 9.89. The molecule has 17 heavy (non-hydrogen) atoms. The fourth-order valence-corrected chi connectivity index (χ4v) is 2.42. The van der Waals surface area contributed by atoms with Gasteiger partial charge in [0, 0.05) is 25.1 Å². The Morgan fingerprint density at radius 2 is 2.00 bits per heavy atom. The van der Waals surface area contributed by atoms with Gasteiger partial charge in [0.1, 0.15) is 11.6 Å². The molecule has 0 spiro atoms. The molecule has 2 unspecified atom stereocenters. The van der Waals surface area contributed by atoms with Crippen molar-refractivity contribution in [3.63, 3.8) is 0 Å². The molecule has 1 aromatic carbocycles. The predicted octanol–water partition coefficient (Wildman–Crippen LogP) is 2.65. The Morgan fingerprint density at radius 3 is 2.65 bits per heavy atom. The van der Waals surface area contributed by atoms with Crippen LogP contribution in [0.4, 0.5) is 8.78 Å². The third-order valence-electron chi connectivity index (χ3n) is 3.12. The summed E-state index contributed by atoms with van der Waals surface area (Å²) in [6, 6.07) is 3.61. The number of halogens is 2. The van der Waals surface area contributed by atoms with Crippen molar-refractivity contribution in [1.29, 1.82) is 0 Å². The van der Waals surface area contributed by atoms with Gasteiger partial charge in [0.2, 0.25) is 0 Å². The molecule has 0 bridgehead atoms. The van der Waals surface area contributed by atoms with Crippen LogP contribution >= 0.6 is 0 Å². The molecule has 1 aromatic rings. The lowest BCUT2D eigenvalue weighted by molar-refractivity contribution is -0.0275. The zero-order valence-corrected chi connectivity index (χ0v) is 9.88. The average molecular weight is 241 g/mol. The van der Waals surface area contributed by atoms with E-state index in [9.17, 15) is 8.78 Å². The molecule has 4 heteroatoms. The lowest BCUT2D eigenvalue weighted by Crippen LogP contribution is -2.30. The molecule has 2 atom stereocenters. The SMILES string of the molecule is CNCC1CCCOC1c1cc(F)cc(F)c1. The van der Waals surface area contributed by atoms with Crippen molar-refractivity contribution >= 4 is 0 Å². The quantitative estimate of drug-likeness (QED) is 0.878. The molecule has 1 saturated heterocycles. The second-order valence-electron chi connectivity index (χ2n) is 4.45. The van der Waals surface area contributed by atoms with Crippen molar-refractivity contribution in [2.75, 3.05) is 20.2 Å². The largest absolute Gasteiger partial charge is 0.373 e. The average Bonchev–Trinajstić information content (AvgIpc) is 2.29. The van der Waals surface area contributed by atoms with Crippen LogP contribution in [0.25, 0.3) is 0 Å². The molecule has 0 aromatic heterocycles. The van der Waals surface area contributed by atoms with Gasteiger partial charge in [-0.2, -0.15) is 0 Å². The van der Waals surface area contributed by atoms with E-state index in [4.69, 9.17) is 4.74 Å². The van der Waals surface area contributed by atoms with Crippen LogP contribution in [-0.2, 0) is 4.74 Å². The summed E-state index contributed by atoms with van der Waals surface area (Å²) in [5, 5.41) is 3.10. The monoisotopic (exact) mass is 241 g/mol. The highest BCUT2D eigenvalue weighted by molar-refractivity contribution is 5.21. The molecule has 1 aliphatic rings. The number of nitrogens with one attached hydrogen (secondary N) is 1. The van der Waals surface area contributed by atoms with Crippen LogP contribution in [-0.4, -0.2) is 20.2 Å². The first-order chi connectivity index (χ1) is 8.20. The molecule has 2 nitrogen and oxygen atoms in total. The maximum atomic E-state index is 13.2. The van der Waals surface area contributed by atoms with E-state index in [2.05, 4.69) is 5.32 Å². The van der Waals surface area contributed by atoms with E-state index >= 15 is 0 Å². The van der Waals surface area contributed by atoms with Crippen LogP contribution in [0.3, 0.4) is 0 Å². The summed E-state index contributed by atoms with van der Waals surface area (Å²) in [6.45, 7) is 1.45. The van der Waals surface area contributed by atoms with Gasteiger partial charge in [-0.3, -0.25) is 0 Å². The highest BCUT2D eigenvalue weighted by Gasteiger charge is 2.27. The maximum absolute atomic E-state index is 13.2. The third-order valence-corrected chi connectivity index (χ3v) is 3.12. The second-order valence-corrected chi connectivity index (χ2v) is 4.45. The van der Waals surface area contributed by atoms with Crippen LogP contribution in [0.5, 0.6) is 0 Å². The fourth-order valence-electron chi connectivity index (χ4n) is 2.42. The second kappa shape index (κ2) is 5.56. The van der Waals surface area contributed by atoms with E-state index in [0.717, 1.165) is 25.5 Å². The summed E-state index contributed by atoms with van der Waals surface area (Å²) in [7, 11) is 1.87. The molecule has 1 N–H and O–H groups in total. The normalized spacial score (nSPS) is 24.9. The first-order valence-corrected chi connectivity index (χ1v) is 5.93. The van der Waals surface area contributed by atoms with E-state index in [-0.39, 0.29) is 12.0 Å². The summed E-state index contributed by atoms with van der Waals surface area (Å²) in [5.74, 6) is -0.815. The highest BCUT2D eigenvalue weighted by Crippen LogP contribution is 2.33. The lowest BCUT2D eigenvalue weighted by Gasteiger charge is -2.32. The van der Waals surface area contributed by atoms with E-state index in [0.29, 0.717) is 12.2 Å². The van der Waals surface area contributed by atoms with Crippen molar-refractivity contribution in [1.82, 2.24) is 5.32 Å². The Bertz CT molecular complexity index is 361. The number of rotatable bonds is 3. The Morgan fingerprint density at radius 1 is 1.29 bits per heavy atom. The Hall–Kier alpha value is -1.00. The zero-order valence-electron chi connectivity index (χ0n) is 9.88. The van der Waals surface area contributed by atoms with E-state index in [1.807, 2.05) is 7.05 Å². The van der Waals surface area contributed by atoms with E-state index < -0.39 is 11.6 Å². The molecule has 0 aliphatic carbocycles. The third kappa shape index (κ3) is 3.01. The number of benzene rings is 1. The number of hydrogen-bond acceptors (Lipinski definition) is 2. The van der Waals surface area contributed by atoms with Crippen molar-refractivity contribution < 1.29 is 13.5 Å². The van der Waals surface area contributed by atoms with Crippen LogP contribution < -0.4 is 5.32 Å². The summed E-state index contributed by atoms with van der Waals surface area (Å²) in [6.07, 6.45) is 1.81. The minimum absolute atomic E-state index is 0.207. The van der Waals surface area contributed by atoms with Gasteiger partial charge in [0.25, 0.3) is 0 Å². The van der Waals surface area contributed by atoms with Crippen LogP contribution in [0.15, 0.2) is 18.2 Å². The van der Waals surface area contributed by atoms with E-state index in [1.165, 1.54) is 12.1 Å². The Balaban J connectivity index is 2.22. The predicted molar refractivity (Wildman–Crippen MR) is 61.7 cm³/mol. The van der Waals surface area contributed by atoms with Gasteiger partial charge in [-0.15, -0.1) is 0 Å². The van der Waals surface area contributed by atoms with Crippen molar-refractivity contribution in [3.8, 4) is 0 Å². The van der Waals surface area contributed by atoms with E-state index in [1.54, 1.807) is 0 Å². The summed E-state index contributed by atoms with van der Waals surface area (Å²) < 4.78 is 32.0. The molecule has 1 heterocycles. The molecular formula is C13H17F2NO. The van der Waals surface area contributed by atoms with Crippen LogP contribution in [0, 0.1) is 17.6 Å². The van der Waals surface area contributed by atoms with Gasteiger partial charge in [0.05, 0.1) is 6.10 Å². The molecular weight excluding hydrogens is 224 g/mol. The molecule has 1 fully saturated rings. The van der Waals surface area contributed by atoms with Gasteiger partial charge < -0.3 is 10.1 Å².